The van der Waals surface area contributed by atoms with E-state index >= 15 is 0 Å². The Hall–Kier alpha value is -2.30. The third-order valence-corrected chi connectivity index (χ3v) is 3.29. The molecule has 2 rings (SSSR count). The molecule has 0 aliphatic heterocycles. The summed E-state index contributed by atoms with van der Waals surface area (Å²) in [6, 6.07) is 7.06. The largest absolute Gasteiger partial charge is 0.494 e. The third kappa shape index (κ3) is 3.62. The predicted octanol–water partition coefficient (Wildman–Crippen LogP) is 2.62. The quantitative estimate of drug-likeness (QED) is 0.919. The van der Waals surface area contributed by atoms with E-state index in [4.69, 9.17) is 4.74 Å². The maximum atomic E-state index is 12.2. The summed E-state index contributed by atoms with van der Waals surface area (Å²) in [6.07, 6.45) is 1.93. The molecule has 0 saturated carbocycles. The normalized spacial score (nSPS) is 12.0. The van der Waals surface area contributed by atoms with Gasteiger partial charge in [0.2, 0.25) is 0 Å². The van der Waals surface area contributed by atoms with Gasteiger partial charge in [-0.25, -0.2) is 0 Å². The van der Waals surface area contributed by atoms with E-state index in [1.54, 1.807) is 28.9 Å². The minimum absolute atomic E-state index is 0.0854. The van der Waals surface area contributed by atoms with Crippen LogP contribution < -0.4 is 10.1 Å². The first kappa shape index (κ1) is 15.1. The summed E-state index contributed by atoms with van der Waals surface area (Å²) < 4.78 is 7.12. The molecule has 0 spiro atoms. The first-order chi connectivity index (χ1) is 10.0. The molecule has 0 fully saturated rings. The van der Waals surface area contributed by atoms with Crippen LogP contribution in [-0.4, -0.2) is 22.3 Å². The van der Waals surface area contributed by atoms with E-state index in [0.29, 0.717) is 12.2 Å². The zero-order valence-electron chi connectivity index (χ0n) is 12.9. The summed E-state index contributed by atoms with van der Waals surface area (Å²) in [6.45, 7) is 6.44. The molecule has 0 saturated heterocycles. The fourth-order valence-electron chi connectivity index (χ4n) is 2.27. The smallest absolute Gasteiger partial charge is 0.251 e. The van der Waals surface area contributed by atoms with Gasteiger partial charge in [-0.15, -0.1) is 0 Å². The van der Waals surface area contributed by atoms with E-state index < -0.39 is 0 Å². The standard InChI is InChI=1S/C16H21N3O2/c1-5-21-14-8-6-13(7-9-14)16(20)17-11(2)15-10-19(4)18-12(15)3/h6-11H,5H2,1-4H3,(H,17,20). The number of nitrogens with one attached hydrogen (secondary N) is 1. The molecule has 1 unspecified atom stereocenters. The van der Waals surface area contributed by atoms with E-state index in [2.05, 4.69) is 10.4 Å². The highest BCUT2D eigenvalue weighted by Gasteiger charge is 2.15. The number of rotatable bonds is 5. The Balaban J connectivity index is 2.05. The topological polar surface area (TPSA) is 56.1 Å². The minimum atomic E-state index is -0.103. The number of carbonyl (C=O) groups is 1. The summed E-state index contributed by atoms with van der Waals surface area (Å²) in [5.41, 5.74) is 2.57. The van der Waals surface area contributed by atoms with Crippen LogP contribution in [0.25, 0.3) is 0 Å². The number of hydrogen-bond donors (Lipinski definition) is 1. The minimum Gasteiger partial charge on any atom is -0.494 e. The lowest BCUT2D eigenvalue weighted by Gasteiger charge is -2.13. The van der Waals surface area contributed by atoms with Gasteiger partial charge < -0.3 is 10.1 Å². The lowest BCUT2D eigenvalue weighted by molar-refractivity contribution is 0.0940. The van der Waals surface area contributed by atoms with Crippen molar-refractivity contribution in [3.8, 4) is 5.75 Å². The molecule has 0 radical (unpaired) electrons. The lowest BCUT2D eigenvalue weighted by atomic mass is 10.1. The Kier molecular flexibility index (Phi) is 4.62. The number of benzene rings is 1. The molecule has 1 heterocycles. The second-order valence-electron chi connectivity index (χ2n) is 5.00. The second-order valence-corrected chi connectivity index (χ2v) is 5.00. The van der Waals surface area contributed by atoms with Gasteiger partial charge in [-0.1, -0.05) is 0 Å². The van der Waals surface area contributed by atoms with Gasteiger partial charge in [-0.05, 0) is 45.0 Å². The van der Waals surface area contributed by atoms with Crippen molar-refractivity contribution in [3.05, 3.63) is 47.3 Å². The van der Waals surface area contributed by atoms with Gasteiger partial charge in [0.1, 0.15) is 5.75 Å². The molecule has 5 nitrogen and oxygen atoms in total. The molecule has 112 valence electrons. The first-order valence-corrected chi connectivity index (χ1v) is 7.05. The number of hydrogen-bond acceptors (Lipinski definition) is 3. The average molecular weight is 287 g/mol. The monoisotopic (exact) mass is 287 g/mol. The molecule has 21 heavy (non-hydrogen) atoms. The Morgan fingerprint density at radius 3 is 2.57 bits per heavy atom. The maximum Gasteiger partial charge on any atom is 0.251 e. The van der Waals surface area contributed by atoms with Gasteiger partial charge >= 0.3 is 0 Å². The third-order valence-electron chi connectivity index (χ3n) is 3.29. The van der Waals surface area contributed by atoms with Crippen LogP contribution >= 0.6 is 0 Å². The maximum absolute atomic E-state index is 12.2. The SMILES string of the molecule is CCOc1ccc(C(=O)NC(C)c2cn(C)nc2C)cc1. The number of carbonyl (C=O) groups excluding carboxylic acids is 1. The van der Waals surface area contributed by atoms with E-state index in [9.17, 15) is 4.79 Å². The van der Waals surface area contributed by atoms with Crippen molar-refractivity contribution >= 4 is 5.91 Å². The molecule has 0 bridgehead atoms. The van der Waals surface area contributed by atoms with E-state index in [0.717, 1.165) is 17.0 Å². The summed E-state index contributed by atoms with van der Waals surface area (Å²) >= 11 is 0. The molecule has 1 N–H and O–H groups in total. The Labute approximate surface area is 124 Å². The van der Waals surface area contributed by atoms with Gasteiger partial charge in [-0.3, -0.25) is 9.48 Å². The number of ether oxygens (including phenoxy) is 1. The van der Waals surface area contributed by atoms with Crippen molar-refractivity contribution in [2.75, 3.05) is 6.61 Å². The Bertz CT molecular complexity index is 617. The summed E-state index contributed by atoms with van der Waals surface area (Å²) in [5.74, 6) is 0.666. The van der Waals surface area contributed by atoms with Crippen molar-refractivity contribution in [2.45, 2.75) is 26.8 Å². The molecular formula is C16H21N3O2. The van der Waals surface area contributed by atoms with Gasteiger partial charge in [-0.2, -0.15) is 5.10 Å². The van der Waals surface area contributed by atoms with Crippen molar-refractivity contribution in [1.82, 2.24) is 15.1 Å². The molecule has 0 aliphatic rings. The molecule has 1 amide bonds. The molecule has 2 aromatic rings. The van der Waals surface area contributed by atoms with E-state index in [1.807, 2.05) is 34.0 Å². The van der Waals surface area contributed by atoms with Crippen LogP contribution in [0.4, 0.5) is 0 Å². The van der Waals surface area contributed by atoms with Gasteiger partial charge in [0.25, 0.3) is 5.91 Å². The second kappa shape index (κ2) is 6.43. The van der Waals surface area contributed by atoms with Crippen LogP contribution in [0.1, 0.15) is 41.5 Å². The Morgan fingerprint density at radius 2 is 2.05 bits per heavy atom. The molecule has 0 aliphatic carbocycles. The van der Waals surface area contributed by atoms with E-state index in [1.165, 1.54) is 0 Å². The van der Waals surface area contributed by atoms with Crippen LogP contribution in [-0.2, 0) is 7.05 Å². The highest BCUT2D eigenvalue weighted by Crippen LogP contribution is 2.17. The highest BCUT2D eigenvalue weighted by molar-refractivity contribution is 5.94. The fourth-order valence-corrected chi connectivity index (χ4v) is 2.27. The zero-order valence-corrected chi connectivity index (χ0v) is 12.9. The van der Waals surface area contributed by atoms with Gasteiger partial charge in [0.15, 0.2) is 0 Å². The summed E-state index contributed by atoms with van der Waals surface area (Å²) in [4.78, 5) is 12.2. The van der Waals surface area contributed by atoms with Crippen molar-refractivity contribution < 1.29 is 9.53 Å². The van der Waals surface area contributed by atoms with E-state index in [-0.39, 0.29) is 11.9 Å². The van der Waals surface area contributed by atoms with Gasteiger partial charge in [0.05, 0.1) is 18.3 Å². The molecule has 1 aromatic heterocycles. The van der Waals surface area contributed by atoms with Crippen molar-refractivity contribution in [1.29, 1.82) is 0 Å². The van der Waals surface area contributed by atoms with Crippen LogP contribution in [0.2, 0.25) is 0 Å². The number of nitrogens with zero attached hydrogens (tertiary/aromatic N) is 2. The fraction of sp³-hybridized carbons (Fsp3) is 0.375. The van der Waals surface area contributed by atoms with Crippen LogP contribution in [0.15, 0.2) is 30.5 Å². The summed E-state index contributed by atoms with van der Waals surface area (Å²) in [5, 5.41) is 7.28. The molecular weight excluding hydrogens is 266 g/mol. The zero-order chi connectivity index (χ0) is 15.4. The van der Waals surface area contributed by atoms with Crippen molar-refractivity contribution in [2.24, 2.45) is 7.05 Å². The molecule has 5 heteroatoms. The van der Waals surface area contributed by atoms with Crippen LogP contribution in [0.3, 0.4) is 0 Å². The predicted molar refractivity (Wildman–Crippen MR) is 81.4 cm³/mol. The highest BCUT2D eigenvalue weighted by atomic mass is 16.5. The Morgan fingerprint density at radius 1 is 1.38 bits per heavy atom. The van der Waals surface area contributed by atoms with Crippen molar-refractivity contribution in [3.63, 3.8) is 0 Å². The first-order valence-electron chi connectivity index (χ1n) is 7.05. The van der Waals surface area contributed by atoms with Crippen LogP contribution in [0.5, 0.6) is 5.75 Å². The number of aryl methyl sites for hydroxylation is 2. The van der Waals surface area contributed by atoms with Crippen LogP contribution in [0, 0.1) is 6.92 Å². The number of amides is 1. The summed E-state index contributed by atoms with van der Waals surface area (Å²) in [7, 11) is 1.87. The number of aromatic nitrogens is 2. The molecule has 1 aromatic carbocycles. The lowest BCUT2D eigenvalue weighted by Crippen LogP contribution is -2.26. The van der Waals surface area contributed by atoms with Gasteiger partial charge in [0, 0.05) is 24.4 Å². The average Bonchev–Trinajstić information content (AvgIpc) is 2.79. The molecule has 1 atom stereocenters.